The molecule has 38 heavy (non-hydrogen) atoms. The zero-order valence-corrected chi connectivity index (χ0v) is 21.8. The zero-order chi connectivity index (χ0) is 27.0. The highest BCUT2D eigenvalue weighted by Crippen LogP contribution is 2.23. The molecule has 200 valence electrons. The molecule has 0 spiro atoms. The number of piperidine rings is 1. The van der Waals surface area contributed by atoms with Gasteiger partial charge in [-0.2, -0.15) is 9.04 Å². The van der Waals surface area contributed by atoms with Crippen LogP contribution in [-0.4, -0.2) is 43.2 Å². The van der Waals surface area contributed by atoms with E-state index in [1.54, 1.807) is 36.4 Å². The summed E-state index contributed by atoms with van der Waals surface area (Å²) in [6.07, 6.45) is 4.72. The summed E-state index contributed by atoms with van der Waals surface area (Å²) in [5, 5.41) is 17.2. The molecular weight excluding hydrogens is 504 g/mol. The maximum Gasteiger partial charge on any atom is 0.243 e. The van der Waals surface area contributed by atoms with Crippen molar-refractivity contribution >= 4 is 21.8 Å². The number of amides is 2. The minimum Gasteiger partial charge on any atom is -0.619 e. The Kier molecular flexibility index (Phi) is 9.09. The Hall–Kier alpha value is -3.76. The van der Waals surface area contributed by atoms with E-state index in [0.717, 1.165) is 5.56 Å². The minimum atomic E-state index is -3.76. The van der Waals surface area contributed by atoms with Gasteiger partial charge in [0.05, 0.1) is 5.75 Å². The maximum atomic E-state index is 13.5. The number of aromatic nitrogens is 1. The lowest BCUT2D eigenvalue weighted by Crippen LogP contribution is -2.56. The molecule has 3 aromatic rings. The molecule has 9 nitrogen and oxygen atoms in total. The van der Waals surface area contributed by atoms with Crippen molar-refractivity contribution in [3.63, 3.8) is 0 Å². The lowest BCUT2D eigenvalue weighted by atomic mass is 10.0. The van der Waals surface area contributed by atoms with Gasteiger partial charge in [0, 0.05) is 31.1 Å². The first-order valence-corrected chi connectivity index (χ1v) is 14.3. The van der Waals surface area contributed by atoms with Crippen molar-refractivity contribution in [3.05, 3.63) is 107 Å². The van der Waals surface area contributed by atoms with Gasteiger partial charge in [0.25, 0.3) is 0 Å². The lowest BCUT2D eigenvalue weighted by molar-refractivity contribution is -0.605. The van der Waals surface area contributed by atoms with Crippen LogP contribution in [0.15, 0.2) is 85.2 Å². The quantitative estimate of drug-likeness (QED) is 0.303. The number of rotatable bonds is 10. The lowest BCUT2D eigenvalue weighted by Gasteiger charge is -2.34. The van der Waals surface area contributed by atoms with Crippen LogP contribution in [0.3, 0.4) is 0 Å². The fourth-order valence-electron chi connectivity index (χ4n) is 4.61. The SMILES string of the molecule is O=C(N[C@@H](Cc1ccccc1)C(=O)NCc1ccc[n+]([O-])c1)C1CCCCN1S(=O)(=O)Cc1ccccc1. The molecule has 0 bridgehead atoms. The highest BCUT2D eigenvalue weighted by molar-refractivity contribution is 7.88. The number of sulfonamides is 1. The molecule has 2 aromatic carbocycles. The van der Waals surface area contributed by atoms with Crippen LogP contribution in [0.25, 0.3) is 0 Å². The standard InChI is InChI=1S/C28H32N4O5S/c33-27(29-19-24-14-9-16-31(35)20-24)25(18-22-10-3-1-4-11-22)30-28(34)26-15-7-8-17-32(26)38(36,37)21-23-12-5-2-6-13-23/h1-6,9-14,16,20,25-26H,7-8,15,17-19,21H2,(H,29,33)(H,30,34)/t25-,26?/m0/s1. The Balaban J connectivity index is 1.49. The van der Waals surface area contributed by atoms with E-state index < -0.39 is 33.9 Å². The molecule has 0 saturated carbocycles. The second kappa shape index (κ2) is 12.7. The summed E-state index contributed by atoms with van der Waals surface area (Å²) in [5.41, 5.74) is 2.12. The fraction of sp³-hybridized carbons (Fsp3) is 0.321. The number of hydrogen-bond donors (Lipinski definition) is 2. The molecule has 1 unspecified atom stereocenters. The van der Waals surface area contributed by atoms with Crippen LogP contribution in [0.5, 0.6) is 0 Å². The van der Waals surface area contributed by atoms with Gasteiger partial charge in [0.15, 0.2) is 12.4 Å². The molecule has 0 aliphatic carbocycles. The first-order valence-electron chi connectivity index (χ1n) is 12.6. The van der Waals surface area contributed by atoms with Crippen LogP contribution in [0.4, 0.5) is 0 Å². The average Bonchev–Trinajstić information content (AvgIpc) is 2.92. The third kappa shape index (κ3) is 7.39. The van der Waals surface area contributed by atoms with Crippen LogP contribution in [0.2, 0.25) is 0 Å². The van der Waals surface area contributed by atoms with Gasteiger partial charge >= 0.3 is 0 Å². The fourth-order valence-corrected chi connectivity index (χ4v) is 6.39. The van der Waals surface area contributed by atoms with Crippen LogP contribution < -0.4 is 15.4 Å². The summed E-state index contributed by atoms with van der Waals surface area (Å²) in [6, 6.07) is 19.7. The van der Waals surface area contributed by atoms with E-state index in [1.165, 1.54) is 16.7 Å². The van der Waals surface area contributed by atoms with E-state index >= 15 is 0 Å². The molecule has 10 heteroatoms. The van der Waals surface area contributed by atoms with Gasteiger partial charge in [-0.15, -0.1) is 0 Å². The third-order valence-electron chi connectivity index (χ3n) is 6.52. The molecule has 1 aliphatic heterocycles. The van der Waals surface area contributed by atoms with E-state index in [2.05, 4.69) is 10.6 Å². The van der Waals surface area contributed by atoms with Crippen molar-refractivity contribution in [1.29, 1.82) is 0 Å². The molecular formula is C28H32N4O5S. The van der Waals surface area contributed by atoms with E-state index in [-0.39, 0.29) is 25.3 Å². The molecule has 4 rings (SSSR count). The Morgan fingerprint density at radius 1 is 0.947 bits per heavy atom. The van der Waals surface area contributed by atoms with Crippen LogP contribution in [0, 0.1) is 5.21 Å². The Labute approximate surface area is 223 Å². The first kappa shape index (κ1) is 27.3. The highest BCUT2D eigenvalue weighted by Gasteiger charge is 2.38. The summed E-state index contributed by atoms with van der Waals surface area (Å²) in [7, 11) is -3.76. The molecule has 2 heterocycles. The molecule has 0 radical (unpaired) electrons. The van der Waals surface area contributed by atoms with Crippen molar-refractivity contribution in [2.24, 2.45) is 0 Å². The predicted octanol–water partition coefficient (Wildman–Crippen LogP) is 2.05. The van der Waals surface area contributed by atoms with Gasteiger partial charge < -0.3 is 15.8 Å². The van der Waals surface area contributed by atoms with Crippen molar-refractivity contribution in [1.82, 2.24) is 14.9 Å². The van der Waals surface area contributed by atoms with Gasteiger partial charge in [-0.05, 0) is 30.0 Å². The van der Waals surface area contributed by atoms with Crippen LogP contribution >= 0.6 is 0 Å². The van der Waals surface area contributed by atoms with Gasteiger partial charge in [-0.3, -0.25) is 9.59 Å². The molecule has 2 atom stereocenters. The number of pyridine rings is 1. The van der Waals surface area contributed by atoms with Crippen molar-refractivity contribution in [2.75, 3.05) is 6.54 Å². The van der Waals surface area contributed by atoms with E-state index in [4.69, 9.17) is 0 Å². The Morgan fingerprint density at radius 2 is 1.61 bits per heavy atom. The summed E-state index contributed by atoms with van der Waals surface area (Å²) in [6.45, 7) is 0.371. The second-order valence-electron chi connectivity index (χ2n) is 9.40. The maximum absolute atomic E-state index is 13.5. The predicted molar refractivity (Wildman–Crippen MR) is 143 cm³/mol. The minimum absolute atomic E-state index is 0.115. The number of nitrogens with one attached hydrogen (secondary N) is 2. The van der Waals surface area contributed by atoms with E-state index in [1.807, 2.05) is 36.4 Å². The normalized spacial score (nSPS) is 16.9. The molecule has 2 N–H and O–H groups in total. The molecule has 1 aromatic heterocycles. The van der Waals surface area contributed by atoms with Crippen LogP contribution in [-0.2, 0) is 38.3 Å². The van der Waals surface area contributed by atoms with E-state index in [9.17, 15) is 23.2 Å². The van der Waals surface area contributed by atoms with Crippen molar-refractivity contribution < 1.29 is 22.7 Å². The third-order valence-corrected chi connectivity index (χ3v) is 8.37. The second-order valence-corrected chi connectivity index (χ2v) is 11.3. The number of hydrogen-bond acceptors (Lipinski definition) is 5. The largest absolute Gasteiger partial charge is 0.619 e. The van der Waals surface area contributed by atoms with Gasteiger partial charge in [0.1, 0.15) is 12.1 Å². The number of benzene rings is 2. The monoisotopic (exact) mass is 536 g/mol. The molecule has 2 amide bonds. The van der Waals surface area contributed by atoms with E-state index in [0.29, 0.717) is 35.1 Å². The summed E-state index contributed by atoms with van der Waals surface area (Å²) < 4.78 is 28.5. The summed E-state index contributed by atoms with van der Waals surface area (Å²) >= 11 is 0. The van der Waals surface area contributed by atoms with Crippen LogP contribution in [0.1, 0.15) is 36.0 Å². The summed E-state index contributed by atoms with van der Waals surface area (Å²) in [4.78, 5) is 26.7. The average molecular weight is 537 g/mol. The number of carbonyl (C=O) groups excluding carboxylic acids is 2. The smallest absolute Gasteiger partial charge is 0.243 e. The zero-order valence-electron chi connectivity index (χ0n) is 21.0. The number of nitrogens with zero attached hydrogens (tertiary/aromatic N) is 2. The topological polar surface area (TPSA) is 123 Å². The Bertz CT molecular complexity index is 1340. The molecule has 1 fully saturated rings. The van der Waals surface area contributed by atoms with Gasteiger partial charge in [-0.1, -0.05) is 67.1 Å². The summed E-state index contributed by atoms with van der Waals surface area (Å²) in [5.74, 6) is -1.10. The first-order chi connectivity index (χ1) is 18.3. The van der Waals surface area contributed by atoms with Gasteiger partial charge in [0.2, 0.25) is 21.8 Å². The van der Waals surface area contributed by atoms with Gasteiger partial charge in [-0.25, -0.2) is 8.42 Å². The van der Waals surface area contributed by atoms with Crippen molar-refractivity contribution in [3.8, 4) is 0 Å². The molecule has 1 aliphatic rings. The highest BCUT2D eigenvalue weighted by atomic mass is 32.2. The molecule has 1 saturated heterocycles. The van der Waals surface area contributed by atoms with Crippen molar-refractivity contribution in [2.45, 2.75) is 50.1 Å². The Morgan fingerprint density at radius 3 is 2.29 bits per heavy atom. The number of carbonyl (C=O) groups is 2.